The van der Waals surface area contributed by atoms with Crippen LogP contribution in [0.1, 0.15) is 24.8 Å². The first kappa shape index (κ1) is 13.5. The number of hydrogen-bond acceptors (Lipinski definition) is 3. The molecule has 1 aliphatic heterocycles. The van der Waals surface area contributed by atoms with Gasteiger partial charge in [0.1, 0.15) is 0 Å². The van der Waals surface area contributed by atoms with Gasteiger partial charge < -0.3 is 4.90 Å². The van der Waals surface area contributed by atoms with Crippen LogP contribution in [0.15, 0.2) is 30.3 Å². The SMILES string of the molecule is CN1CC[C@@](C)([C@H](C[N+](=O)[O-])c2ccccc2)C1=O. The van der Waals surface area contributed by atoms with Crippen molar-refractivity contribution >= 4 is 5.91 Å². The lowest BCUT2D eigenvalue weighted by Crippen LogP contribution is -2.38. The molecule has 0 aromatic heterocycles. The van der Waals surface area contributed by atoms with Gasteiger partial charge in [0.05, 0.1) is 11.3 Å². The molecule has 0 radical (unpaired) electrons. The van der Waals surface area contributed by atoms with Gasteiger partial charge in [0.15, 0.2) is 0 Å². The van der Waals surface area contributed by atoms with Crippen molar-refractivity contribution in [2.24, 2.45) is 5.41 Å². The minimum Gasteiger partial charge on any atom is -0.345 e. The van der Waals surface area contributed by atoms with E-state index in [1.807, 2.05) is 37.3 Å². The van der Waals surface area contributed by atoms with Crippen LogP contribution in [0.3, 0.4) is 0 Å². The molecule has 2 atom stereocenters. The topological polar surface area (TPSA) is 63.4 Å². The van der Waals surface area contributed by atoms with Gasteiger partial charge in [-0.25, -0.2) is 0 Å². The fourth-order valence-corrected chi connectivity index (χ4v) is 2.88. The standard InChI is InChI=1S/C14H18N2O3/c1-14(8-9-15(2)13(14)17)12(10-16(18)19)11-6-4-3-5-7-11/h3-7,12H,8-10H2,1-2H3/t12-,14+/m1/s1. The third-order valence-electron chi connectivity index (χ3n) is 4.10. The average molecular weight is 262 g/mol. The molecular weight excluding hydrogens is 244 g/mol. The van der Waals surface area contributed by atoms with Crippen LogP contribution in [0.25, 0.3) is 0 Å². The van der Waals surface area contributed by atoms with Crippen LogP contribution in [0.2, 0.25) is 0 Å². The first-order chi connectivity index (χ1) is 8.95. The number of nitrogens with zero attached hydrogens (tertiary/aromatic N) is 2. The van der Waals surface area contributed by atoms with Crippen molar-refractivity contribution in [2.45, 2.75) is 19.3 Å². The summed E-state index contributed by atoms with van der Waals surface area (Å²) in [6.07, 6.45) is 0.662. The van der Waals surface area contributed by atoms with Crippen LogP contribution in [0.4, 0.5) is 0 Å². The second-order valence-corrected chi connectivity index (χ2v) is 5.37. The van der Waals surface area contributed by atoms with Crippen LogP contribution >= 0.6 is 0 Å². The lowest BCUT2D eigenvalue weighted by atomic mass is 9.72. The summed E-state index contributed by atoms with van der Waals surface area (Å²) in [4.78, 5) is 24.6. The van der Waals surface area contributed by atoms with Crippen LogP contribution in [0.5, 0.6) is 0 Å². The van der Waals surface area contributed by atoms with Gasteiger partial charge in [-0.15, -0.1) is 0 Å². The van der Waals surface area contributed by atoms with Gasteiger partial charge in [-0.05, 0) is 18.9 Å². The zero-order valence-electron chi connectivity index (χ0n) is 11.2. The van der Waals surface area contributed by atoms with Crippen LogP contribution in [-0.2, 0) is 4.79 Å². The minimum absolute atomic E-state index is 0.00297. The Hall–Kier alpha value is -1.91. The Balaban J connectivity index is 2.39. The molecule has 0 aliphatic carbocycles. The molecule has 0 bridgehead atoms. The van der Waals surface area contributed by atoms with Gasteiger partial charge in [0.25, 0.3) is 0 Å². The smallest absolute Gasteiger partial charge is 0.229 e. The van der Waals surface area contributed by atoms with E-state index in [2.05, 4.69) is 0 Å². The summed E-state index contributed by atoms with van der Waals surface area (Å²) in [6.45, 7) is 2.30. The Morgan fingerprint density at radius 1 is 1.42 bits per heavy atom. The van der Waals surface area contributed by atoms with Gasteiger partial charge in [-0.2, -0.15) is 0 Å². The van der Waals surface area contributed by atoms with E-state index in [0.717, 1.165) is 5.56 Å². The van der Waals surface area contributed by atoms with Crippen molar-refractivity contribution < 1.29 is 9.72 Å². The monoisotopic (exact) mass is 262 g/mol. The lowest BCUT2D eigenvalue weighted by Gasteiger charge is -2.29. The number of benzene rings is 1. The van der Waals surface area contributed by atoms with Crippen LogP contribution in [-0.4, -0.2) is 35.9 Å². The van der Waals surface area contributed by atoms with E-state index in [1.54, 1.807) is 11.9 Å². The number of nitro groups is 1. The molecule has 1 heterocycles. The average Bonchev–Trinajstić information content (AvgIpc) is 2.66. The Labute approximate surface area is 112 Å². The first-order valence-electron chi connectivity index (χ1n) is 6.37. The highest BCUT2D eigenvalue weighted by atomic mass is 16.6. The molecule has 0 saturated carbocycles. The summed E-state index contributed by atoms with van der Waals surface area (Å²) in [5, 5.41) is 11.0. The van der Waals surface area contributed by atoms with Gasteiger partial charge in [-0.3, -0.25) is 14.9 Å². The normalized spacial score (nSPS) is 24.5. The Bertz CT molecular complexity index is 489. The molecule has 0 unspecified atom stereocenters. The maximum Gasteiger partial charge on any atom is 0.229 e. The first-order valence-corrected chi connectivity index (χ1v) is 6.37. The largest absolute Gasteiger partial charge is 0.345 e. The molecular formula is C14H18N2O3. The molecule has 1 fully saturated rings. The van der Waals surface area contributed by atoms with E-state index in [4.69, 9.17) is 0 Å². The quantitative estimate of drug-likeness (QED) is 0.615. The molecule has 19 heavy (non-hydrogen) atoms. The Morgan fingerprint density at radius 2 is 2.05 bits per heavy atom. The van der Waals surface area contributed by atoms with E-state index >= 15 is 0 Å². The molecule has 1 aromatic rings. The van der Waals surface area contributed by atoms with Crippen molar-refractivity contribution in [3.05, 3.63) is 46.0 Å². The highest BCUT2D eigenvalue weighted by Crippen LogP contribution is 2.43. The molecule has 1 aliphatic rings. The maximum atomic E-state index is 12.3. The Kier molecular flexibility index (Phi) is 3.55. The second-order valence-electron chi connectivity index (χ2n) is 5.37. The zero-order chi connectivity index (χ0) is 14.0. The van der Waals surface area contributed by atoms with E-state index in [-0.39, 0.29) is 23.3 Å². The summed E-state index contributed by atoms with van der Waals surface area (Å²) < 4.78 is 0. The zero-order valence-corrected chi connectivity index (χ0v) is 11.2. The van der Waals surface area contributed by atoms with Gasteiger partial charge in [0.2, 0.25) is 12.5 Å². The highest BCUT2D eigenvalue weighted by molar-refractivity contribution is 5.85. The summed E-state index contributed by atoms with van der Waals surface area (Å²) >= 11 is 0. The number of rotatable bonds is 4. The van der Waals surface area contributed by atoms with Crippen LogP contribution in [0, 0.1) is 15.5 Å². The van der Waals surface area contributed by atoms with Crippen molar-refractivity contribution in [2.75, 3.05) is 20.1 Å². The number of likely N-dealkylation sites (tertiary alicyclic amines) is 1. The third kappa shape index (κ3) is 2.45. The predicted octanol–water partition coefficient (Wildman–Crippen LogP) is 1.92. The number of carbonyl (C=O) groups excluding carboxylic acids is 1. The van der Waals surface area contributed by atoms with Gasteiger partial charge in [0, 0.05) is 18.5 Å². The van der Waals surface area contributed by atoms with Crippen molar-refractivity contribution in [3.63, 3.8) is 0 Å². The van der Waals surface area contributed by atoms with E-state index in [9.17, 15) is 14.9 Å². The number of hydrogen-bond donors (Lipinski definition) is 0. The summed E-state index contributed by atoms with van der Waals surface area (Å²) in [7, 11) is 1.75. The summed E-state index contributed by atoms with van der Waals surface area (Å²) in [6, 6.07) is 9.32. The third-order valence-corrected chi connectivity index (χ3v) is 4.10. The van der Waals surface area contributed by atoms with Crippen molar-refractivity contribution in [1.82, 2.24) is 4.90 Å². The van der Waals surface area contributed by atoms with Crippen molar-refractivity contribution in [3.8, 4) is 0 Å². The number of carbonyl (C=O) groups is 1. The highest BCUT2D eigenvalue weighted by Gasteiger charge is 2.49. The summed E-state index contributed by atoms with van der Waals surface area (Å²) in [5.74, 6) is -0.371. The molecule has 2 rings (SSSR count). The van der Waals surface area contributed by atoms with Crippen molar-refractivity contribution in [1.29, 1.82) is 0 Å². The molecule has 5 nitrogen and oxygen atoms in total. The van der Waals surface area contributed by atoms with Gasteiger partial charge in [-0.1, -0.05) is 30.3 Å². The molecule has 0 N–H and O–H groups in total. The molecule has 1 amide bonds. The van der Waals surface area contributed by atoms with E-state index in [0.29, 0.717) is 13.0 Å². The van der Waals surface area contributed by atoms with E-state index in [1.165, 1.54) is 0 Å². The molecule has 5 heteroatoms. The Morgan fingerprint density at radius 3 is 2.53 bits per heavy atom. The minimum atomic E-state index is -0.677. The fourth-order valence-electron chi connectivity index (χ4n) is 2.88. The summed E-state index contributed by atoms with van der Waals surface area (Å²) in [5.41, 5.74) is 0.189. The molecule has 1 saturated heterocycles. The molecule has 102 valence electrons. The second kappa shape index (κ2) is 4.99. The lowest BCUT2D eigenvalue weighted by molar-refractivity contribution is -0.485. The molecule has 0 spiro atoms. The predicted molar refractivity (Wildman–Crippen MR) is 71.4 cm³/mol. The number of amides is 1. The molecule has 1 aromatic carbocycles. The van der Waals surface area contributed by atoms with Crippen LogP contribution < -0.4 is 0 Å². The fraction of sp³-hybridized carbons (Fsp3) is 0.500. The maximum absolute atomic E-state index is 12.3. The van der Waals surface area contributed by atoms with Gasteiger partial charge >= 0.3 is 0 Å². The van der Waals surface area contributed by atoms with E-state index < -0.39 is 5.41 Å².